The fourth-order valence-electron chi connectivity index (χ4n) is 1.92. The highest BCUT2D eigenvalue weighted by atomic mass is 35.5. The topological polar surface area (TPSA) is 21.3 Å². The SMILES string of the molecule is FC(F)C(F)(F)CNCc1cc(Cl)cc2c1OCC2. The van der Waals surface area contributed by atoms with Crippen molar-refractivity contribution >= 4 is 11.6 Å². The van der Waals surface area contributed by atoms with E-state index in [2.05, 4.69) is 5.32 Å². The lowest BCUT2D eigenvalue weighted by Crippen LogP contribution is -2.38. The number of ether oxygens (including phenoxy) is 1. The van der Waals surface area contributed by atoms with Crippen molar-refractivity contribution in [3.05, 3.63) is 28.3 Å². The van der Waals surface area contributed by atoms with Gasteiger partial charge in [-0.25, -0.2) is 8.78 Å². The molecule has 1 aromatic rings. The number of hydrogen-bond donors (Lipinski definition) is 1. The maximum atomic E-state index is 12.7. The molecule has 0 unspecified atom stereocenters. The Labute approximate surface area is 112 Å². The second kappa shape index (κ2) is 5.54. The predicted octanol–water partition coefficient (Wildman–Crippen LogP) is 3.26. The van der Waals surface area contributed by atoms with Crippen LogP contribution in [0.1, 0.15) is 11.1 Å². The molecule has 0 bridgehead atoms. The van der Waals surface area contributed by atoms with Crippen molar-refractivity contribution in [1.29, 1.82) is 0 Å². The van der Waals surface area contributed by atoms with Crippen LogP contribution in [-0.2, 0) is 13.0 Å². The van der Waals surface area contributed by atoms with Gasteiger partial charge in [0.25, 0.3) is 0 Å². The van der Waals surface area contributed by atoms with E-state index < -0.39 is 18.9 Å². The largest absolute Gasteiger partial charge is 0.493 e. The van der Waals surface area contributed by atoms with E-state index in [9.17, 15) is 17.6 Å². The molecule has 2 nitrogen and oxygen atoms in total. The molecule has 1 heterocycles. The molecule has 106 valence electrons. The molecule has 0 aliphatic carbocycles. The molecule has 0 atom stereocenters. The highest BCUT2D eigenvalue weighted by Crippen LogP contribution is 2.33. The number of hydrogen-bond acceptors (Lipinski definition) is 2. The Bertz CT molecular complexity index is 467. The minimum atomic E-state index is -4.04. The molecule has 2 rings (SSSR count). The van der Waals surface area contributed by atoms with Crippen molar-refractivity contribution < 1.29 is 22.3 Å². The normalized spacial score (nSPS) is 14.6. The minimum Gasteiger partial charge on any atom is -0.493 e. The van der Waals surface area contributed by atoms with Gasteiger partial charge in [0.2, 0.25) is 0 Å². The number of alkyl halides is 4. The monoisotopic (exact) mass is 297 g/mol. The van der Waals surface area contributed by atoms with Crippen LogP contribution in [0.3, 0.4) is 0 Å². The van der Waals surface area contributed by atoms with E-state index in [0.717, 1.165) is 5.56 Å². The molecule has 0 aromatic heterocycles. The third-order valence-corrected chi connectivity index (χ3v) is 3.04. The Hall–Kier alpha value is -1.01. The quantitative estimate of drug-likeness (QED) is 0.842. The van der Waals surface area contributed by atoms with Gasteiger partial charge in [-0.15, -0.1) is 0 Å². The van der Waals surface area contributed by atoms with Crippen molar-refractivity contribution in [2.24, 2.45) is 0 Å². The Morgan fingerprint density at radius 3 is 2.79 bits per heavy atom. The van der Waals surface area contributed by atoms with Gasteiger partial charge in [0.05, 0.1) is 13.2 Å². The molecule has 0 amide bonds. The standard InChI is InChI=1S/C12H12ClF4NO/c13-9-3-7-1-2-19-10(7)8(4-9)5-18-6-12(16,17)11(14)15/h3-4,11,18H,1-2,5-6H2. The maximum Gasteiger partial charge on any atom is 0.319 e. The van der Waals surface area contributed by atoms with Crippen LogP contribution in [0.25, 0.3) is 0 Å². The summed E-state index contributed by atoms with van der Waals surface area (Å²) in [5.74, 6) is -3.43. The Balaban J connectivity index is 2.01. The van der Waals surface area contributed by atoms with Crippen molar-refractivity contribution in [3.63, 3.8) is 0 Å². The summed E-state index contributed by atoms with van der Waals surface area (Å²) in [6.45, 7) is -0.576. The molecule has 7 heteroatoms. The molecule has 0 saturated carbocycles. The highest BCUT2D eigenvalue weighted by molar-refractivity contribution is 6.30. The molecule has 1 aromatic carbocycles. The third-order valence-electron chi connectivity index (χ3n) is 2.82. The van der Waals surface area contributed by atoms with E-state index in [-0.39, 0.29) is 6.54 Å². The fourth-order valence-corrected chi connectivity index (χ4v) is 2.18. The first-order chi connectivity index (χ1) is 8.90. The van der Waals surface area contributed by atoms with Gasteiger partial charge in [0.15, 0.2) is 0 Å². The number of nitrogens with one attached hydrogen (secondary N) is 1. The van der Waals surface area contributed by atoms with Gasteiger partial charge in [0, 0.05) is 23.6 Å². The average molecular weight is 298 g/mol. The van der Waals surface area contributed by atoms with E-state index in [1.165, 1.54) is 0 Å². The Kier molecular flexibility index (Phi) is 4.20. The van der Waals surface area contributed by atoms with Gasteiger partial charge >= 0.3 is 12.3 Å². The van der Waals surface area contributed by atoms with E-state index >= 15 is 0 Å². The fraction of sp³-hybridized carbons (Fsp3) is 0.500. The zero-order chi connectivity index (χ0) is 14.0. The first-order valence-corrected chi connectivity index (χ1v) is 6.09. The lowest BCUT2D eigenvalue weighted by molar-refractivity contribution is -0.125. The number of fused-ring (bicyclic) bond motifs is 1. The second-order valence-corrected chi connectivity index (χ2v) is 4.75. The first kappa shape index (κ1) is 14.4. The summed E-state index contributed by atoms with van der Waals surface area (Å²) in [7, 11) is 0. The first-order valence-electron chi connectivity index (χ1n) is 5.71. The summed E-state index contributed by atoms with van der Waals surface area (Å²) in [4.78, 5) is 0. The van der Waals surface area contributed by atoms with Crippen molar-refractivity contribution in [2.45, 2.75) is 25.3 Å². The summed E-state index contributed by atoms with van der Waals surface area (Å²) in [5.41, 5.74) is 1.51. The predicted molar refractivity (Wildman–Crippen MR) is 63.3 cm³/mol. The highest BCUT2D eigenvalue weighted by Gasteiger charge is 2.40. The molecule has 1 N–H and O–H groups in total. The van der Waals surface area contributed by atoms with Crippen LogP contribution in [-0.4, -0.2) is 25.5 Å². The van der Waals surface area contributed by atoms with Crippen LogP contribution in [0, 0.1) is 0 Å². The van der Waals surface area contributed by atoms with Crippen LogP contribution in [0.4, 0.5) is 17.6 Å². The molecule has 19 heavy (non-hydrogen) atoms. The molecule has 1 aliphatic heterocycles. The summed E-state index contributed by atoms with van der Waals surface area (Å²) in [6, 6.07) is 3.33. The average Bonchev–Trinajstić information content (AvgIpc) is 2.76. The van der Waals surface area contributed by atoms with Crippen LogP contribution in [0.5, 0.6) is 5.75 Å². The summed E-state index contributed by atoms with van der Waals surface area (Å²) < 4.78 is 54.8. The van der Waals surface area contributed by atoms with Gasteiger partial charge in [-0.05, 0) is 17.7 Å². The minimum absolute atomic E-state index is 0.00516. The van der Waals surface area contributed by atoms with Gasteiger partial charge in [-0.1, -0.05) is 11.6 Å². The molecule has 0 spiro atoms. The van der Waals surface area contributed by atoms with Crippen LogP contribution in [0.2, 0.25) is 5.02 Å². The zero-order valence-electron chi connectivity index (χ0n) is 9.86. The molecule has 1 aliphatic rings. The van der Waals surface area contributed by atoms with Crippen LogP contribution < -0.4 is 10.1 Å². The van der Waals surface area contributed by atoms with Crippen LogP contribution >= 0.6 is 11.6 Å². The van der Waals surface area contributed by atoms with E-state index in [4.69, 9.17) is 16.3 Å². The Morgan fingerprint density at radius 1 is 1.37 bits per heavy atom. The van der Waals surface area contributed by atoms with Gasteiger partial charge in [0.1, 0.15) is 5.75 Å². The Morgan fingerprint density at radius 2 is 2.11 bits per heavy atom. The molecule has 0 radical (unpaired) electrons. The van der Waals surface area contributed by atoms with E-state index in [0.29, 0.717) is 29.4 Å². The third kappa shape index (κ3) is 3.30. The van der Waals surface area contributed by atoms with E-state index in [1.807, 2.05) is 0 Å². The molecule has 0 saturated heterocycles. The summed E-state index contributed by atoms with van der Waals surface area (Å²) in [6.07, 6.45) is -2.97. The number of benzene rings is 1. The van der Waals surface area contributed by atoms with Crippen molar-refractivity contribution in [2.75, 3.05) is 13.2 Å². The van der Waals surface area contributed by atoms with Gasteiger partial charge < -0.3 is 10.1 Å². The van der Waals surface area contributed by atoms with Crippen molar-refractivity contribution in [1.82, 2.24) is 5.32 Å². The van der Waals surface area contributed by atoms with Crippen LogP contribution in [0.15, 0.2) is 12.1 Å². The number of rotatable bonds is 5. The lowest BCUT2D eigenvalue weighted by atomic mass is 10.1. The molecular formula is C12H12ClF4NO. The molecular weight excluding hydrogens is 286 g/mol. The number of halogens is 5. The lowest BCUT2D eigenvalue weighted by Gasteiger charge is -2.16. The smallest absolute Gasteiger partial charge is 0.319 e. The van der Waals surface area contributed by atoms with Gasteiger partial charge in [-0.3, -0.25) is 0 Å². The van der Waals surface area contributed by atoms with Gasteiger partial charge in [-0.2, -0.15) is 8.78 Å². The second-order valence-electron chi connectivity index (χ2n) is 4.32. The maximum absolute atomic E-state index is 12.7. The summed E-state index contributed by atoms with van der Waals surface area (Å²) >= 11 is 5.90. The molecule has 0 fully saturated rings. The zero-order valence-corrected chi connectivity index (χ0v) is 10.6. The van der Waals surface area contributed by atoms with E-state index in [1.54, 1.807) is 12.1 Å². The van der Waals surface area contributed by atoms with Crippen molar-refractivity contribution in [3.8, 4) is 5.75 Å². The summed E-state index contributed by atoms with van der Waals surface area (Å²) in [5, 5.41) is 2.79.